The monoisotopic (exact) mass is 1650 g/mol. The van der Waals surface area contributed by atoms with E-state index in [0.717, 1.165) is 148 Å². The van der Waals surface area contributed by atoms with Crippen LogP contribution in [-0.2, 0) is 61.9 Å². The first-order valence-corrected chi connectivity index (χ1v) is 49.5. The zero-order valence-corrected chi connectivity index (χ0v) is 75.8. The van der Waals surface area contributed by atoms with E-state index in [9.17, 15) is 49.2 Å². The number of esters is 4. The van der Waals surface area contributed by atoms with Gasteiger partial charge in [-0.3, -0.25) is 28.8 Å². The molecule has 4 unspecified atom stereocenters. The summed E-state index contributed by atoms with van der Waals surface area (Å²) < 4.78 is 43.8. The van der Waals surface area contributed by atoms with Crippen molar-refractivity contribution in [1.29, 1.82) is 0 Å². The Labute approximate surface area is 709 Å². The molecule has 116 heavy (non-hydrogen) atoms. The Morgan fingerprint density at radius 1 is 0.319 bits per heavy atom. The molecule has 0 aliphatic carbocycles. The van der Waals surface area contributed by atoms with Gasteiger partial charge < -0.3 is 64.2 Å². The molecule has 0 radical (unpaired) electrons. The number of hydrogen-bond donors (Lipinski definition) is 6. The molecule has 0 saturated carbocycles. The maximum Gasteiger partial charge on any atom is 0.309 e. The van der Waals surface area contributed by atoms with Gasteiger partial charge in [0, 0.05) is 25.2 Å². The van der Waals surface area contributed by atoms with E-state index in [0.29, 0.717) is 38.5 Å². The van der Waals surface area contributed by atoms with Gasteiger partial charge in [-0.25, -0.2) is 0 Å². The molecule has 13 atom stereocenters. The van der Waals surface area contributed by atoms with Gasteiger partial charge in [-0.1, -0.05) is 395 Å². The molecule has 6 N–H and O–H groups in total. The molecular formula is C97H182N2O17. The van der Waals surface area contributed by atoms with Gasteiger partial charge in [0.1, 0.15) is 54.8 Å². The lowest BCUT2D eigenvalue weighted by Crippen LogP contribution is -2.66. The van der Waals surface area contributed by atoms with Crippen LogP contribution in [0.2, 0.25) is 0 Å². The Morgan fingerprint density at radius 2 is 0.586 bits per heavy atom. The van der Waals surface area contributed by atoms with Crippen molar-refractivity contribution in [2.75, 3.05) is 13.2 Å². The van der Waals surface area contributed by atoms with E-state index in [1.54, 1.807) is 6.92 Å². The molecule has 2 saturated heterocycles. The molecule has 2 rings (SSSR count). The fraction of sp³-hybridized carbons (Fsp3) is 0.938. The molecule has 0 spiro atoms. The van der Waals surface area contributed by atoms with Crippen LogP contribution in [0.1, 0.15) is 492 Å². The average molecular weight is 1650 g/mol. The number of unbranched alkanes of at least 4 members (excludes halogenated alkanes) is 54. The van der Waals surface area contributed by atoms with E-state index in [2.05, 4.69) is 52.2 Å². The van der Waals surface area contributed by atoms with Gasteiger partial charge in [0.05, 0.1) is 38.6 Å². The lowest BCUT2D eigenvalue weighted by atomic mass is 9.88. The predicted octanol–water partition coefficient (Wildman–Crippen LogP) is 23.4. The van der Waals surface area contributed by atoms with Crippen molar-refractivity contribution in [2.24, 2.45) is 5.92 Å². The number of aliphatic hydroxyl groups excluding tert-OH is 4. The van der Waals surface area contributed by atoms with Gasteiger partial charge in [0.2, 0.25) is 11.8 Å². The minimum atomic E-state index is -1.86. The molecule has 0 aromatic heterocycles. The largest absolute Gasteiger partial charge is 0.462 e. The third-order valence-corrected chi connectivity index (χ3v) is 24.3. The number of hydrogen-bond acceptors (Lipinski definition) is 17. The van der Waals surface area contributed by atoms with Crippen LogP contribution in [-0.4, -0.2) is 143 Å². The Morgan fingerprint density at radius 3 is 0.879 bits per heavy atom. The number of aliphatic hydroxyl groups is 4. The standard InChI is InChI=1S/C97H182N2O17/c1-8-14-20-26-32-38-40-41-43-49-55-60-66-71-87(103)111-80(68-62-56-50-44-34-28-22-16-10-3)74-85(101)98-91-94(108)93(107)84(114-96(91)109)78-110-97-92(99-86(102)75-81(69-63-57-51-45-35-29-23-17-11-4)112-88(104)72-65-59-53-47-37-31-25-19-13-6)95(79(7)83(77-100)115-97)116-90(106)76-82(70-64-58-52-46-36-30-24-18-12-5)113-89(105)73-67-61-54-48-42-39-33-27-21-15-9-2/h79-84,91-97,100,107-109H,8-78H2,1-7H3,(H,98,101)(H,99,102)/t79-,80+,81+,82+,83?,84?,91?,92?,93-,94+,95-,96+,97+/m0/s1. The minimum Gasteiger partial charge on any atom is -0.462 e. The summed E-state index contributed by atoms with van der Waals surface area (Å²) in [6, 6.07) is -2.79. The quantitative estimate of drug-likeness (QED) is 0.0188. The van der Waals surface area contributed by atoms with Gasteiger partial charge in [-0.2, -0.15) is 0 Å². The summed E-state index contributed by atoms with van der Waals surface area (Å²) in [5.74, 6) is -3.70. The molecule has 2 amide bonds. The number of carbonyl (C=O) groups is 6. The summed E-state index contributed by atoms with van der Waals surface area (Å²) in [6.45, 7) is 13.9. The van der Waals surface area contributed by atoms with Gasteiger partial charge in [0.25, 0.3) is 0 Å². The van der Waals surface area contributed by atoms with Crippen LogP contribution in [0, 0.1) is 5.92 Å². The smallest absolute Gasteiger partial charge is 0.309 e. The zero-order chi connectivity index (χ0) is 84.5. The van der Waals surface area contributed by atoms with Crippen molar-refractivity contribution in [1.82, 2.24) is 10.6 Å². The van der Waals surface area contributed by atoms with Crippen LogP contribution in [0.3, 0.4) is 0 Å². The van der Waals surface area contributed by atoms with Crippen molar-refractivity contribution in [3.63, 3.8) is 0 Å². The van der Waals surface area contributed by atoms with Crippen LogP contribution >= 0.6 is 0 Å². The maximum absolute atomic E-state index is 14.9. The van der Waals surface area contributed by atoms with E-state index in [-0.39, 0.29) is 56.4 Å². The first kappa shape index (κ1) is 109. The van der Waals surface area contributed by atoms with Crippen LogP contribution in [0.5, 0.6) is 0 Å². The average Bonchev–Trinajstić information content (AvgIpc) is 0.791. The summed E-state index contributed by atoms with van der Waals surface area (Å²) in [7, 11) is 0. The summed E-state index contributed by atoms with van der Waals surface area (Å²) in [5.41, 5.74) is 0. The Hall–Kier alpha value is -3.46. The number of carbonyl (C=O) groups excluding carboxylic acids is 6. The number of rotatable bonds is 82. The summed E-state index contributed by atoms with van der Waals surface area (Å²) in [5, 5.41) is 52.0. The van der Waals surface area contributed by atoms with Crippen molar-refractivity contribution >= 4 is 35.7 Å². The van der Waals surface area contributed by atoms with Crippen molar-refractivity contribution in [3.8, 4) is 0 Å². The Kier molecular flexibility index (Phi) is 71.6. The molecule has 2 fully saturated rings. The first-order valence-electron chi connectivity index (χ1n) is 49.5. The highest BCUT2D eigenvalue weighted by atomic mass is 16.7. The maximum atomic E-state index is 14.9. The first-order chi connectivity index (χ1) is 56.5. The molecule has 0 bridgehead atoms. The molecule has 19 nitrogen and oxygen atoms in total. The normalized spacial score (nSPS) is 20.3. The fourth-order valence-corrected chi connectivity index (χ4v) is 16.7. The third-order valence-electron chi connectivity index (χ3n) is 24.3. The van der Waals surface area contributed by atoms with Gasteiger partial charge in [0.15, 0.2) is 12.6 Å². The third kappa shape index (κ3) is 57.8. The number of amides is 2. The van der Waals surface area contributed by atoms with Crippen molar-refractivity contribution < 1.29 is 82.4 Å². The second-order valence-electron chi connectivity index (χ2n) is 35.3. The van der Waals surface area contributed by atoms with E-state index in [4.69, 9.17) is 33.2 Å². The fourth-order valence-electron chi connectivity index (χ4n) is 16.7. The Balaban J connectivity index is 2.45. The molecule has 2 aliphatic rings. The van der Waals surface area contributed by atoms with Crippen molar-refractivity contribution in [2.45, 2.75) is 565 Å². The van der Waals surface area contributed by atoms with Crippen LogP contribution in [0.25, 0.3) is 0 Å². The van der Waals surface area contributed by atoms with Crippen LogP contribution in [0.4, 0.5) is 0 Å². The summed E-state index contributed by atoms with van der Waals surface area (Å²) >= 11 is 0. The minimum absolute atomic E-state index is 0.226. The van der Waals surface area contributed by atoms with E-state index < -0.39 is 110 Å². The summed E-state index contributed by atoms with van der Waals surface area (Å²) in [6.07, 6.45) is 55.6. The second-order valence-corrected chi connectivity index (χ2v) is 35.3. The topological polar surface area (TPSA) is 272 Å². The highest BCUT2D eigenvalue weighted by Crippen LogP contribution is 2.33. The predicted molar refractivity (Wildman–Crippen MR) is 470 cm³/mol. The molecule has 0 aromatic carbocycles. The lowest BCUT2D eigenvalue weighted by molar-refractivity contribution is -0.292. The van der Waals surface area contributed by atoms with Crippen LogP contribution < -0.4 is 10.6 Å². The molecule has 2 heterocycles. The molecule has 2 aliphatic heterocycles. The number of nitrogens with one attached hydrogen (secondary N) is 2. The highest BCUT2D eigenvalue weighted by molar-refractivity contribution is 5.79. The molecule has 682 valence electrons. The molecule has 19 heteroatoms. The molecule has 0 aromatic rings. The molecular weight excluding hydrogens is 1470 g/mol. The van der Waals surface area contributed by atoms with E-state index in [1.807, 2.05) is 0 Å². The Bertz CT molecular complexity index is 2320. The number of ether oxygens (including phenoxy) is 7. The van der Waals surface area contributed by atoms with Crippen molar-refractivity contribution in [3.05, 3.63) is 0 Å². The second kappa shape index (κ2) is 76.4. The van der Waals surface area contributed by atoms with E-state index in [1.165, 1.54) is 218 Å². The van der Waals surface area contributed by atoms with Gasteiger partial charge in [-0.05, 0) is 57.8 Å². The lowest BCUT2D eigenvalue weighted by Gasteiger charge is -2.46. The van der Waals surface area contributed by atoms with Gasteiger partial charge in [-0.15, -0.1) is 0 Å². The van der Waals surface area contributed by atoms with E-state index >= 15 is 0 Å². The SMILES string of the molecule is CCCCCCCCCCCCCCCC(=O)O[C@H](CCCCCCCCCCC)CC(=O)NC1[C@H](O)OC(CO[C@@H]2OC(CO)[C@H](C)[C@H](OC(=O)C[C@@H](CCCCCCCCCCC)OC(=O)CCCCCCCCCCCCC)C2NC(=O)C[C@@H](CCCCCCCCCCC)OC(=O)CCCCCCCCCCC)[C@H](O)[C@@H]1O. The summed E-state index contributed by atoms with van der Waals surface area (Å²) in [4.78, 5) is 84.5. The highest BCUT2D eigenvalue weighted by Gasteiger charge is 2.50. The zero-order valence-electron chi connectivity index (χ0n) is 75.8. The van der Waals surface area contributed by atoms with Gasteiger partial charge >= 0.3 is 23.9 Å². The van der Waals surface area contributed by atoms with Crippen LogP contribution in [0.15, 0.2) is 0 Å².